The quantitative estimate of drug-likeness (QED) is 0.754. The molecule has 3 rings (SSSR count). The summed E-state index contributed by atoms with van der Waals surface area (Å²) in [6, 6.07) is 8.09. The maximum absolute atomic E-state index is 13.2. The summed E-state index contributed by atoms with van der Waals surface area (Å²) in [4.78, 5) is -0.405. The molecule has 0 saturated heterocycles. The fraction of sp³-hybridized carbons (Fsp3) is 0.0625. The summed E-state index contributed by atoms with van der Waals surface area (Å²) in [5, 5.41) is 4.01. The van der Waals surface area contributed by atoms with Crippen LogP contribution in [0.5, 0.6) is 0 Å². The molecule has 3 aromatic rings. The van der Waals surface area contributed by atoms with Crippen molar-refractivity contribution in [2.45, 2.75) is 11.4 Å². The molecular formula is C16H12F3N3O2S. The van der Waals surface area contributed by atoms with Crippen molar-refractivity contribution >= 4 is 15.7 Å². The van der Waals surface area contributed by atoms with Crippen LogP contribution in [0.2, 0.25) is 0 Å². The number of nitrogens with zero attached hydrogens (tertiary/aromatic N) is 2. The lowest BCUT2D eigenvalue weighted by Crippen LogP contribution is -2.13. The highest BCUT2D eigenvalue weighted by molar-refractivity contribution is 7.92. The Morgan fingerprint density at radius 2 is 1.72 bits per heavy atom. The largest absolute Gasteiger partial charge is 0.276 e. The van der Waals surface area contributed by atoms with E-state index in [1.54, 1.807) is 12.1 Å². The van der Waals surface area contributed by atoms with Crippen LogP contribution in [-0.2, 0) is 16.6 Å². The molecule has 9 heteroatoms. The third kappa shape index (κ3) is 4.00. The van der Waals surface area contributed by atoms with Crippen LogP contribution < -0.4 is 4.72 Å². The first-order chi connectivity index (χ1) is 11.8. The van der Waals surface area contributed by atoms with E-state index in [-0.39, 0.29) is 11.5 Å². The zero-order valence-electron chi connectivity index (χ0n) is 12.7. The van der Waals surface area contributed by atoms with Crippen LogP contribution in [0.3, 0.4) is 0 Å². The molecule has 1 aromatic heterocycles. The number of nitrogens with one attached hydrogen (secondary N) is 1. The van der Waals surface area contributed by atoms with E-state index < -0.39 is 26.6 Å². The molecule has 130 valence electrons. The van der Waals surface area contributed by atoms with Gasteiger partial charge in [-0.05, 0) is 35.9 Å². The van der Waals surface area contributed by atoms with Crippen molar-refractivity contribution in [3.05, 3.63) is 77.9 Å². The van der Waals surface area contributed by atoms with E-state index in [1.165, 1.54) is 29.2 Å². The Kier molecular flexibility index (Phi) is 4.49. The van der Waals surface area contributed by atoms with Crippen molar-refractivity contribution in [2.75, 3.05) is 4.72 Å². The van der Waals surface area contributed by atoms with Gasteiger partial charge in [-0.15, -0.1) is 0 Å². The standard InChI is InChI=1S/C16H12F3N3O2S/c17-12-3-1-11(2-4-12)9-22-10-13(8-20-22)21-25(23,24)14-5-6-15(18)16(19)7-14/h1-8,10,21H,9H2. The van der Waals surface area contributed by atoms with E-state index in [2.05, 4.69) is 9.82 Å². The molecule has 0 aliphatic rings. The van der Waals surface area contributed by atoms with Crippen LogP contribution in [0, 0.1) is 17.5 Å². The first kappa shape index (κ1) is 17.0. The van der Waals surface area contributed by atoms with Crippen LogP contribution in [0.1, 0.15) is 5.56 Å². The van der Waals surface area contributed by atoms with E-state index in [0.29, 0.717) is 12.6 Å². The second kappa shape index (κ2) is 6.60. The van der Waals surface area contributed by atoms with Gasteiger partial charge in [0, 0.05) is 6.20 Å². The zero-order valence-corrected chi connectivity index (χ0v) is 13.5. The fourth-order valence-corrected chi connectivity index (χ4v) is 3.18. The molecule has 0 saturated carbocycles. The molecule has 0 radical (unpaired) electrons. The van der Waals surface area contributed by atoms with Gasteiger partial charge in [0.05, 0.1) is 23.3 Å². The van der Waals surface area contributed by atoms with Crippen molar-refractivity contribution in [2.24, 2.45) is 0 Å². The second-order valence-corrected chi connectivity index (χ2v) is 6.92. The summed E-state index contributed by atoms with van der Waals surface area (Å²) in [5.74, 6) is -2.75. The fourth-order valence-electron chi connectivity index (χ4n) is 2.14. The molecule has 5 nitrogen and oxygen atoms in total. The Hall–Kier alpha value is -2.81. The molecule has 1 heterocycles. The number of halogens is 3. The molecule has 0 bridgehead atoms. The van der Waals surface area contributed by atoms with Gasteiger partial charge in [-0.25, -0.2) is 21.6 Å². The first-order valence-corrected chi connectivity index (χ1v) is 8.56. The first-order valence-electron chi connectivity index (χ1n) is 7.08. The zero-order chi connectivity index (χ0) is 18.0. The summed E-state index contributed by atoms with van der Waals surface area (Å²) in [7, 11) is -4.08. The number of aromatic nitrogens is 2. The SMILES string of the molecule is O=S(=O)(Nc1cnn(Cc2ccc(F)cc2)c1)c1ccc(F)c(F)c1. The van der Waals surface area contributed by atoms with Crippen LogP contribution >= 0.6 is 0 Å². The lowest BCUT2D eigenvalue weighted by molar-refractivity contribution is 0.504. The summed E-state index contributed by atoms with van der Waals surface area (Å²) in [6.07, 6.45) is 2.71. The van der Waals surface area contributed by atoms with Gasteiger partial charge < -0.3 is 0 Å². The predicted molar refractivity (Wildman–Crippen MR) is 84.9 cm³/mol. The topological polar surface area (TPSA) is 64.0 Å². The van der Waals surface area contributed by atoms with E-state index in [0.717, 1.165) is 17.7 Å². The minimum absolute atomic E-state index is 0.159. The normalized spacial score (nSPS) is 11.5. The molecule has 0 unspecified atom stereocenters. The highest BCUT2D eigenvalue weighted by atomic mass is 32.2. The lowest BCUT2D eigenvalue weighted by Gasteiger charge is -2.06. The van der Waals surface area contributed by atoms with E-state index in [4.69, 9.17) is 0 Å². The molecule has 0 spiro atoms. The number of hydrogen-bond acceptors (Lipinski definition) is 3. The lowest BCUT2D eigenvalue weighted by atomic mass is 10.2. The van der Waals surface area contributed by atoms with Crippen LogP contribution in [0.15, 0.2) is 59.8 Å². The average molecular weight is 367 g/mol. The Morgan fingerprint density at radius 3 is 2.40 bits per heavy atom. The van der Waals surface area contributed by atoms with Crippen molar-refractivity contribution in [3.63, 3.8) is 0 Å². The van der Waals surface area contributed by atoms with Crippen molar-refractivity contribution < 1.29 is 21.6 Å². The molecular weight excluding hydrogens is 355 g/mol. The van der Waals surface area contributed by atoms with Crippen molar-refractivity contribution in [1.82, 2.24) is 9.78 Å². The Bertz CT molecular complexity index is 1000. The summed E-state index contributed by atoms with van der Waals surface area (Å²) in [6.45, 7) is 0.313. The molecule has 2 aromatic carbocycles. The van der Waals surface area contributed by atoms with Crippen LogP contribution in [0.4, 0.5) is 18.9 Å². The Balaban J connectivity index is 1.75. The van der Waals surface area contributed by atoms with Gasteiger partial charge in [0.25, 0.3) is 10.0 Å². The van der Waals surface area contributed by atoms with Crippen molar-refractivity contribution in [1.29, 1.82) is 0 Å². The predicted octanol–water partition coefficient (Wildman–Crippen LogP) is 3.15. The third-order valence-corrected chi connectivity index (χ3v) is 4.72. The van der Waals surface area contributed by atoms with Gasteiger partial charge in [-0.1, -0.05) is 12.1 Å². The third-order valence-electron chi connectivity index (χ3n) is 3.34. The Labute approximate surface area is 141 Å². The number of benzene rings is 2. The second-order valence-electron chi connectivity index (χ2n) is 5.23. The molecule has 0 atom stereocenters. The van der Waals surface area contributed by atoms with E-state index in [1.807, 2.05) is 0 Å². The molecule has 1 N–H and O–H groups in total. The van der Waals surface area contributed by atoms with E-state index in [9.17, 15) is 21.6 Å². The van der Waals surface area contributed by atoms with Crippen LogP contribution in [0.25, 0.3) is 0 Å². The van der Waals surface area contributed by atoms with Gasteiger partial charge in [0.15, 0.2) is 11.6 Å². The number of sulfonamides is 1. The highest BCUT2D eigenvalue weighted by Crippen LogP contribution is 2.18. The van der Waals surface area contributed by atoms with Gasteiger partial charge in [0.1, 0.15) is 5.82 Å². The minimum atomic E-state index is -4.08. The smallest absolute Gasteiger partial charge is 0.262 e. The monoisotopic (exact) mass is 367 g/mol. The molecule has 0 amide bonds. The number of anilines is 1. The Morgan fingerprint density at radius 1 is 1.00 bits per heavy atom. The maximum atomic E-state index is 13.2. The summed E-state index contributed by atoms with van der Waals surface area (Å²) >= 11 is 0. The minimum Gasteiger partial charge on any atom is -0.276 e. The van der Waals surface area contributed by atoms with Gasteiger partial charge in [-0.2, -0.15) is 5.10 Å². The van der Waals surface area contributed by atoms with Crippen LogP contribution in [-0.4, -0.2) is 18.2 Å². The van der Waals surface area contributed by atoms with Gasteiger partial charge >= 0.3 is 0 Å². The van der Waals surface area contributed by atoms with Gasteiger partial charge in [0.2, 0.25) is 0 Å². The highest BCUT2D eigenvalue weighted by Gasteiger charge is 2.17. The maximum Gasteiger partial charge on any atom is 0.262 e. The summed E-state index contributed by atoms with van der Waals surface area (Å²) in [5.41, 5.74) is 0.936. The van der Waals surface area contributed by atoms with E-state index >= 15 is 0 Å². The molecule has 25 heavy (non-hydrogen) atoms. The van der Waals surface area contributed by atoms with Gasteiger partial charge in [-0.3, -0.25) is 9.40 Å². The molecule has 0 aliphatic carbocycles. The summed E-state index contributed by atoms with van der Waals surface area (Å²) < 4.78 is 67.1. The molecule has 0 fully saturated rings. The average Bonchev–Trinajstić information content (AvgIpc) is 2.98. The number of rotatable bonds is 5. The van der Waals surface area contributed by atoms with Crippen molar-refractivity contribution in [3.8, 4) is 0 Å². The number of hydrogen-bond donors (Lipinski definition) is 1. The molecule has 0 aliphatic heterocycles.